The maximum Gasteiger partial charge on any atom is 0.315 e. The largest absolute Gasteiger partial charge is 0.493 e. The zero-order chi connectivity index (χ0) is 21.9. The quantitative estimate of drug-likeness (QED) is 0.608. The molecule has 2 amide bonds. The number of carbonyl (C=O) groups excluding carboxylic acids is 1. The summed E-state index contributed by atoms with van der Waals surface area (Å²) in [5.41, 5.74) is 2.22. The monoisotopic (exact) mass is 422 g/mol. The first-order valence-corrected chi connectivity index (χ1v) is 10.6. The van der Waals surface area contributed by atoms with Gasteiger partial charge in [-0.2, -0.15) is 0 Å². The molecular formula is C24H30N4O3. The lowest BCUT2D eigenvalue weighted by atomic mass is 10.0. The highest BCUT2D eigenvalue weighted by Crippen LogP contribution is 2.28. The van der Waals surface area contributed by atoms with Crippen LogP contribution >= 0.6 is 0 Å². The Balaban J connectivity index is 1.38. The number of pyridine rings is 1. The van der Waals surface area contributed by atoms with E-state index in [1.807, 2.05) is 30.6 Å². The van der Waals surface area contributed by atoms with E-state index in [-0.39, 0.29) is 18.7 Å². The molecule has 1 aliphatic rings. The summed E-state index contributed by atoms with van der Waals surface area (Å²) in [5, 5.41) is 6.01. The second-order valence-corrected chi connectivity index (χ2v) is 7.53. The SMILES string of the molecule is C#CCOc1cc(CNC(=O)NC2CCN(CCc3ccncc3)CC2)ccc1OC. The highest BCUT2D eigenvalue weighted by atomic mass is 16.5. The summed E-state index contributed by atoms with van der Waals surface area (Å²) in [4.78, 5) is 18.8. The number of nitrogens with one attached hydrogen (secondary N) is 2. The first-order chi connectivity index (χ1) is 15.2. The fraction of sp³-hybridized carbons (Fsp3) is 0.417. The molecule has 1 aromatic heterocycles. The summed E-state index contributed by atoms with van der Waals surface area (Å²) in [6.45, 7) is 3.57. The maximum atomic E-state index is 12.3. The number of piperidine rings is 1. The minimum atomic E-state index is -0.155. The molecule has 2 heterocycles. The van der Waals surface area contributed by atoms with Crippen LogP contribution in [-0.2, 0) is 13.0 Å². The molecule has 0 aliphatic carbocycles. The van der Waals surface area contributed by atoms with Crippen LogP contribution in [0.15, 0.2) is 42.7 Å². The molecule has 0 saturated carbocycles. The van der Waals surface area contributed by atoms with E-state index in [1.54, 1.807) is 7.11 Å². The number of hydrogen-bond acceptors (Lipinski definition) is 5. The average molecular weight is 423 g/mol. The lowest BCUT2D eigenvalue weighted by Gasteiger charge is -2.32. The minimum Gasteiger partial charge on any atom is -0.493 e. The van der Waals surface area contributed by atoms with E-state index in [2.05, 4.69) is 38.6 Å². The number of rotatable bonds is 9. The molecule has 2 aromatic rings. The van der Waals surface area contributed by atoms with E-state index in [4.69, 9.17) is 15.9 Å². The third kappa shape index (κ3) is 7.19. The van der Waals surface area contributed by atoms with Crippen molar-refractivity contribution in [2.45, 2.75) is 31.8 Å². The van der Waals surface area contributed by atoms with Crippen LogP contribution < -0.4 is 20.1 Å². The highest BCUT2D eigenvalue weighted by molar-refractivity contribution is 5.74. The van der Waals surface area contributed by atoms with Crippen molar-refractivity contribution in [3.63, 3.8) is 0 Å². The molecule has 1 aromatic carbocycles. The summed E-state index contributed by atoms with van der Waals surface area (Å²) < 4.78 is 10.8. The van der Waals surface area contributed by atoms with Crippen molar-refractivity contribution in [3.05, 3.63) is 53.9 Å². The first-order valence-electron chi connectivity index (χ1n) is 10.6. The van der Waals surface area contributed by atoms with E-state index in [0.29, 0.717) is 18.0 Å². The Hall–Kier alpha value is -3.24. The zero-order valence-corrected chi connectivity index (χ0v) is 18.0. The zero-order valence-electron chi connectivity index (χ0n) is 18.0. The van der Waals surface area contributed by atoms with Gasteiger partial charge in [0.2, 0.25) is 0 Å². The molecule has 0 unspecified atom stereocenters. The highest BCUT2D eigenvalue weighted by Gasteiger charge is 2.20. The Morgan fingerprint density at radius 3 is 2.68 bits per heavy atom. The topological polar surface area (TPSA) is 75.7 Å². The second-order valence-electron chi connectivity index (χ2n) is 7.53. The van der Waals surface area contributed by atoms with Crippen molar-refractivity contribution in [2.24, 2.45) is 0 Å². The molecule has 1 aliphatic heterocycles. The molecule has 0 radical (unpaired) electrons. The maximum absolute atomic E-state index is 12.3. The predicted molar refractivity (Wildman–Crippen MR) is 120 cm³/mol. The second kappa shape index (κ2) is 11.8. The number of benzene rings is 1. The van der Waals surface area contributed by atoms with Gasteiger partial charge in [-0.1, -0.05) is 12.0 Å². The third-order valence-corrected chi connectivity index (χ3v) is 5.38. The van der Waals surface area contributed by atoms with Gasteiger partial charge in [-0.3, -0.25) is 4.98 Å². The minimum absolute atomic E-state index is 0.155. The number of methoxy groups -OCH3 is 1. The molecule has 31 heavy (non-hydrogen) atoms. The number of hydrogen-bond donors (Lipinski definition) is 2. The van der Waals surface area contributed by atoms with E-state index < -0.39 is 0 Å². The molecule has 164 valence electrons. The molecule has 0 bridgehead atoms. The number of nitrogens with zero attached hydrogens (tertiary/aromatic N) is 2. The molecule has 3 rings (SSSR count). The molecule has 0 spiro atoms. The lowest BCUT2D eigenvalue weighted by Crippen LogP contribution is -2.48. The van der Waals surface area contributed by atoms with Crippen LogP contribution in [0.4, 0.5) is 4.79 Å². The summed E-state index contributed by atoms with van der Waals surface area (Å²) in [6, 6.07) is 9.69. The Morgan fingerprint density at radius 1 is 1.19 bits per heavy atom. The number of urea groups is 1. The molecule has 2 N–H and O–H groups in total. The smallest absolute Gasteiger partial charge is 0.315 e. The fourth-order valence-electron chi connectivity index (χ4n) is 3.62. The van der Waals surface area contributed by atoms with Crippen LogP contribution in [0.25, 0.3) is 0 Å². The van der Waals surface area contributed by atoms with E-state index in [9.17, 15) is 4.79 Å². The lowest BCUT2D eigenvalue weighted by molar-refractivity contribution is 0.193. The van der Waals surface area contributed by atoms with Crippen molar-refractivity contribution in [3.8, 4) is 23.8 Å². The van der Waals surface area contributed by atoms with Gasteiger partial charge in [0.1, 0.15) is 6.61 Å². The van der Waals surface area contributed by atoms with Crippen molar-refractivity contribution in [1.29, 1.82) is 0 Å². The Bertz CT molecular complexity index is 874. The summed E-state index contributed by atoms with van der Waals surface area (Å²) >= 11 is 0. The van der Waals surface area contributed by atoms with Crippen molar-refractivity contribution in [2.75, 3.05) is 33.4 Å². The summed E-state index contributed by atoms with van der Waals surface area (Å²) in [7, 11) is 1.58. The predicted octanol–water partition coefficient (Wildman–Crippen LogP) is 2.61. The van der Waals surface area contributed by atoms with Crippen LogP contribution in [0, 0.1) is 12.3 Å². The normalized spacial score (nSPS) is 14.5. The van der Waals surface area contributed by atoms with Crippen LogP contribution in [0.3, 0.4) is 0 Å². The molecule has 1 fully saturated rings. The number of likely N-dealkylation sites (tertiary alicyclic amines) is 1. The van der Waals surface area contributed by atoms with Crippen LogP contribution in [0.5, 0.6) is 11.5 Å². The van der Waals surface area contributed by atoms with Gasteiger partial charge < -0.3 is 25.0 Å². The van der Waals surface area contributed by atoms with Crippen LogP contribution in [0.1, 0.15) is 24.0 Å². The molecule has 1 saturated heterocycles. The van der Waals surface area contributed by atoms with Gasteiger partial charge in [-0.15, -0.1) is 6.42 Å². The Labute approximate surface area is 184 Å². The molecule has 0 atom stereocenters. The number of terminal acetylenes is 1. The van der Waals surface area contributed by atoms with Crippen LogP contribution in [-0.4, -0.2) is 55.3 Å². The van der Waals surface area contributed by atoms with Crippen molar-refractivity contribution >= 4 is 6.03 Å². The van der Waals surface area contributed by atoms with Gasteiger partial charge in [0.15, 0.2) is 11.5 Å². The number of aromatic nitrogens is 1. The van der Waals surface area contributed by atoms with E-state index in [1.165, 1.54) is 5.56 Å². The number of amides is 2. The van der Waals surface area contributed by atoms with E-state index >= 15 is 0 Å². The van der Waals surface area contributed by atoms with Gasteiger partial charge in [-0.05, 0) is 54.7 Å². The Morgan fingerprint density at radius 2 is 1.97 bits per heavy atom. The summed E-state index contributed by atoms with van der Waals surface area (Å²) in [6.07, 6.45) is 11.9. The standard InChI is InChI=1S/C24H30N4O3/c1-3-16-31-23-17-20(4-5-22(23)30-2)18-26-24(29)27-21-9-14-28(15-10-21)13-8-19-6-11-25-12-7-19/h1,4-7,11-12,17,21H,8-10,13-16,18H2,2H3,(H2,26,27,29). The fourth-order valence-corrected chi connectivity index (χ4v) is 3.62. The third-order valence-electron chi connectivity index (χ3n) is 5.38. The van der Waals surface area contributed by atoms with Gasteiger partial charge in [0, 0.05) is 44.6 Å². The first kappa shape index (κ1) is 22.4. The summed E-state index contributed by atoms with van der Waals surface area (Å²) in [5.74, 6) is 3.62. The van der Waals surface area contributed by atoms with Gasteiger partial charge in [0.25, 0.3) is 0 Å². The number of ether oxygens (including phenoxy) is 2. The molecule has 7 heteroatoms. The number of carbonyl (C=O) groups is 1. The van der Waals surface area contributed by atoms with E-state index in [0.717, 1.165) is 44.5 Å². The Kier molecular flexibility index (Phi) is 8.56. The van der Waals surface area contributed by atoms with Crippen LogP contribution in [0.2, 0.25) is 0 Å². The van der Waals surface area contributed by atoms with Gasteiger partial charge >= 0.3 is 6.03 Å². The van der Waals surface area contributed by atoms with Gasteiger partial charge in [0.05, 0.1) is 7.11 Å². The van der Waals surface area contributed by atoms with Gasteiger partial charge in [-0.25, -0.2) is 4.79 Å². The molecule has 7 nitrogen and oxygen atoms in total. The molecular weight excluding hydrogens is 392 g/mol. The average Bonchev–Trinajstić information content (AvgIpc) is 2.81. The van der Waals surface area contributed by atoms with Crippen molar-refractivity contribution < 1.29 is 14.3 Å². The van der Waals surface area contributed by atoms with Crippen molar-refractivity contribution in [1.82, 2.24) is 20.5 Å².